The van der Waals surface area contributed by atoms with Crippen molar-refractivity contribution in [1.82, 2.24) is 0 Å². The molecule has 432 valence electrons. The van der Waals surface area contributed by atoms with Gasteiger partial charge in [0, 0.05) is 45.0 Å². The molecule has 0 atom stereocenters. The average molecular weight is 1120 g/mol. The number of fused-ring (bicyclic) bond motifs is 7. The van der Waals surface area contributed by atoms with E-state index < -0.39 is 0 Å². The summed E-state index contributed by atoms with van der Waals surface area (Å²) in [4.78, 5) is 4.85. The van der Waals surface area contributed by atoms with Gasteiger partial charge < -0.3 is 9.80 Å². The Labute approximate surface area is 514 Å². The molecule has 0 spiro atoms. The molecule has 0 fully saturated rings. The van der Waals surface area contributed by atoms with E-state index in [-0.39, 0.29) is 32.5 Å². The summed E-state index contributed by atoms with van der Waals surface area (Å²) in [5.74, 6) is 0. The quantitative estimate of drug-likeness (QED) is 0.126. The molecule has 0 bridgehead atoms. The van der Waals surface area contributed by atoms with E-state index in [9.17, 15) is 0 Å². The van der Waals surface area contributed by atoms with Gasteiger partial charge in [0.15, 0.2) is 0 Å². The maximum Gasteiger partial charge on any atom is 0.0465 e. The van der Waals surface area contributed by atoms with Crippen LogP contribution in [-0.4, -0.2) is 0 Å². The Morgan fingerprint density at radius 3 is 0.802 bits per heavy atom. The van der Waals surface area contributed by atoms with E-state index in [0.717, 1.165) is 22.7 Å². The molecular weight excluding hydrogens is 1040 g/mol. The van der Waals surface area contributed by atoms with E-state index in [1.165, 1.54) is 111 Å². The highest BCUT2D eigenvalue weighted by Gasteiger charge is 2.38. The first-order chi connectivity index (χ1) is 40.6. The summed E-state index contributed by atoms with van der Waals surface area (Å²) in [6, 6.07) is 78.4. The number of hydrogen-bond donors (Lipinski definition) is 0. The normalized spacial score (nSPS) is 14.4. The standard InChI is InChI=1S/C84H86N2/c1-79(2,3)59-29-37-63(38-30-59)85(64-39-31-60(32-40-64)80(4,5)6)67-45-49-73-71-47-23-55(51-75(71)83(13,14)77(73)53-67)21-25-57-27-28-58(70-20-18-17-19-69(57)70)26-22-56-24-48-72-74-50-46-68(54-78(74)84(15,16)76(72)52-56)86(65-41-33-61(34-42-65)81(7,8)9)66-43-35-62(36-44-66)82(10,11)12/h17-54H,1-16H3. The lowest BCUT2D eigenvalue weighted by molar-refractivity contribution is 0.590. The number of hydrogen-bond acceptors (Lipinski definition) is 2. The largest absolute Gasteiger partial charge is 0.310 e. The molecule has 0 radical (unpaired) electrons. The van der Waals surface area contributed by atoms with Gasteiger partial charge >= 0.3 is 0 Å². The van der Waals surface area contributed by atoms with Gasteiger partial charge in [-0.3, -0.25) is 0 Å². The van der Waals surface area contributed by atoms with E-state index in [1.807, 2.05) is 0 Å². The van der Waals surface area contributed by atoms with Crippen LogP contribution in [0.25, 0.3) is 57.3 Å². The molecular formula is C84H86N2. The maximum atomic E-state index is 2.44. The third-order valence-corrected chi connectivity index (χ3v) is 18.8. The van der Waals surface area contributed by atoms with E-state index in [1.54, 1.807) is 0 Å². The summed E-state index contributed by atoms with van der Waals surface area (Å²) in [7, 11) is 0. The molecule has 0 saturated heterocycles. The zero-order valence-corrected chi connectivity index (χ0v) is 53.8. The molecule has 2 aliphatic carbocycles. The van der Waals surface area contributed by atoms with Crippen LogP contribution in [0.15, 0.2) is 206 Å². The van der Waals surface area contributed by atoms with Gasteiger partial charge in [0.05, 0.1) is 0 Å². The number of anilines is 6. The second-order valence-corrected chi connectivity index (χ2v) is 29.6. The van der Waals surface area contributed by atoms with Gasteiger partial charge in [-0.25, -0.2) is 0 Å². The monoisotopic (exact) mass is 1120 g/mol. The van der Waals surface area contributed by atoms with E-state index in [4.69, 9.17) is 0 Å². The van der Waals surface area contributed by atoms with Gasteiger partial charge in [0.25, 0.3) is 0 Å². The minimum Gasteiger partial charge on any atom is -0.310 e. The Bertz CT molecular complexity index is 3870. The van der Waals surface area contributed by atoms with Crippen LogP contribution in [-0.2, 0) is 32.5 Å². The highest BCUT2D eigenvalue weighted by Crippen LogP contribution is 2.53. The van der Waals surface area contributed by atoms with E-state index in [0.29, 0.717) is 0 Å². The summed E-state index contributed by atoms with van der Waals surface area (Å²) in [5.41, 5.74) is 27.6. The van der Waals surface area contributed by atoms with Crippen LogP contribution in [0.2, 0.25) is 0 Å². The number of rotatable bonds is 10. The van der Waals surface area contributed by atoms with Crippen molar-refractivity contribution in [2.24, 2.45) is 0 Å². The fourth-order valence-electron chi connectivity index (χ4n) is 13.3. The Hall–Kier alpha value is -8.46. The predicted molar refractivity (Wildman–Crippen MR) is 374 cm³/mol. The minimum atomic E-state index is -0.202. The Kier molecular flexibility index (Phi) is 14.3. The van der Waals surface area contributed by atoms with Crippen molar-refractivity contribution in [2.45, 2.75) is 143 Å². The number of benzene rings is 10. The average Bonchev–Trinajstić information content (AvgIpc) is 1.63. The lowest BCUT2D eigenvalue weighted by Crippen LogP contribution is -2.17. The molecule has 2 nitrogen and oxygen atoms in total. The second kappa shape index (κ2) is 21.2. The molecule has 86 heavy (non-hydrogen) atoms. The van der Waals surface area contributed by atoms with Gasteiger partial charge in [-0.15, -0.1) is 0 Å². The van der Waals surface area contributed by atoms with Crippen molar-refractivity contribution in [3.8, 4) is 22.3 Å². The van der Waals surface area contributed by atoms with Crippen molar-refractivity contribution >= 4 is 69.2 Å². The molecule has 0 aliphatic heterocycles. The highest BCUT2D eigenvalue weighted by molar-refractivity contribution is 6.00. The summed E-state index contributed by atoms with van der Waals surface area (Å²) in [5, 5.41) is 2.48. The summed E-state index contributed by atoms with van der Waals surface area (Å²) >= 11 is 0. The molecule has 0 amide bonds. The third kappa shape index (κ3) is 10.8. The van der Waals surface area contributed by atoms with Crippen molar-refractivity contribution < 1.29 is 0 Å². The molecule has 0 saturated carbocycles. The van der Waals surface area contributed by atoms with Crippen LogP contribution < -0.4 is 9.80 Å². The molecule has 10 aromatic carbocycles. The molecule has 12 rings (SSSR count). The smallest absolute Gasteiger partial charge is 0.0465 e. The van der Waals surface area contributed by atoms with Crippen molar-refractivity contribution in [2.75, 3.05) is 9.80 Å². The van der Waals surface area contributed by atoms with Crippen LogP contribution in [0.3, 0.4) is 0 Å². The maximum absolute atomic E-state index is 2.44. The van der Waals surface area contributed by atoms with E-state index >= 15 is 0 Å². The van der Waals surface area contributed by atoms with E-state index in [2.05, 4.69) is 351 Å². The first kappa shape index (κ1) is 57.9. The molecule has 0 unspecified atom stereocenters. The second-order valence-electron chi connectivity index (χ2n) is 29.6. The van der Waals surface area contributed by atoms with Gasteiger partial charge in [-0.05, 0) is 194 Å². The van der Waals surface area contributed by atoms with Gasteiger partial charge in [0.1, 0.15) is 0 Å². The zero-order valence-electron chi connectivity index (χ0n) is 53.8. The highest BCUT2D eigenvalue weighted by atomic mass is 15.1. The Balaban J connectivity index is 0.800. The van der Waals surface area contributed by atoms with Gasteiger partial charge in [-0.1, -0.05) is 269 Å². The Morgan fingerprint density at radius 1 is 0.267 bits per heavy atom. The zero-order chi connectivity index (χ0) is 60.9. The van der Waals surface area contributed by atoms with Crippen LogP contribution in [0.4, 0.5) is 34.1 Å². The molecule has 0 N–H and O–H groups in total. The van der Waals surface area contributed by atoms with Gasteiger partial charge in [-0.2, -0.15) is 0 Å². The lowest BCUT2D eigenvalue weighted by Gasteiger charge is -2.29. The fourth-order valence-corrected chi connectivity index (χ4v) is 13.3. The molecule has 2 heteroatoms. The summed E-state index contributed by atoms with van der Waals surface area (Å²) in [6.07, 6.45) is 9.19. The van der Waals surface area contributed by atoms with Crippen molar-refractivity contribution in [3.63, 3.8) is 0 Å². The summed E-state index contributed by atoms with van der Waals surface area (Å²) < 4.78 is 0. The topological polar surface area (TPSA) is 6.48 Å². The lowest BCUT2D eigenvalue weighted by atomic mass is 9.81. The van der Waals surface area contributed by atoms with Gasteiger partial charge in [0.2, 0.25) is 0 Å². The van der Waals surface area contributed by atoms with Crippen LogP contribution >= 0.6 is 0 Å². The predicted octanol–water partition coefficient (Wildman–Crippen LogP) is 23.9. The first-order valence-corrected chi connectivity index (χ1v) is 31.1. The van der Waals surface area contributed by atoms with Crippen LogP contribution in [0, 0.1) is 0 Å². The van der Waals surface area contributed by atoms with Crippen molar-refractivity contribution in [1.29, 1.82) is 0 Å². The molecule has 2 aliphatic rings. The Morgan fingerprint density at radius 2 is 0.523 bits per heavy atom. The van der Waals surface area contributed by atoms with Crippen LogP contribution in [0.1, 0.15) is 178 Å². The summed E-state index contributed by atoms with van der Waals surface area (Å²) in [6.45, 7) is 36.9. The first-order valence-electron chi connectivity index (χ1n) is 31.1. The minimum absolute atomic E-state index is 0.0729. The molecule has 0 aromatic heterocycles. The van der Waals surface area contributed by atoms with Crippen molar-refractivity contribution in [3.05, 3.63) is 273 Å². The van der Waals surface area contributed by atoms with Crippen LogP contribution in [0.5, 0.6) is 0 Å². The fraction of sp³-hybridized carbons (Fsp3) is 0.262. The molecule has 10 aromatic rings. The number of nitrogens with zero attached hydrogens (tertiary/aromatic N) is 2. The SMILES string of the molecule is CC(C)(C)c1ccc(N(c2ccc(C(C)(C)C)cc2)c2ccc3c(c2)C(C)(C)c2cc(C=Cc4ccc(C=Cc5ccc6c(c5)C(C)(C)c5cc(N(c7ccc(C(C)(C)C)cc7)c7ccc(C(C)(C)C)cc7)ccc5-6)c5ccccc45)ccc2-3)cc1. The third-order valence-electron chi connectivity index (χ3n) is 18.8. The molecule has 0 heterocycles.